The Balaban J connectivity index is 1.86. The number of benzene rings is 2. The summed E-state index contributed by atoms with van der Waals surface area (Å²) in [7, 11) is 0. The molecule has 2 aromatic rings. The van der Waals surface area contributed by atoms with Crippen LogP contribution in [0.5, 0.6) is 0 Å². The van der Waals surface area contributed by atoms with Gasteiger partial charge in [0, 0.05) is 11.6 Å². The number of anilines is 1. The summed E-state index contributed by atoms with van der Waals surface area (Å²) in [4.78, 5) is 33.0. The third-order valence-electron chi connectivity index (χ3n) is 5.96. The highest BCUT2D eigenvalue weighted by Gasteiger charge is 2.20. The second-order valence-corrected chi connectivity index (χ2v) is 8.74. The Morgan fingerprint density at radius 3 is 2.42 bits per heavy atom. The monoisotopic (exact) mass is 514 g/mol. The molecule has 0 aliphatic heterocycles. The van der Waals surface area contributed by atoms with Gasteiger partial charge in [-0.25, -0.2) is 0 Å². The van der Waals surface area contributed by atoms with Gasteiger partial charge in [0.15, 0.2) is 0 Å². The van der Waals surface area contributed by atoms with Crippen LogP contribution in [0.15, 0.2) is 53.1 Å². The molecule has 1 aliphatic rings. The van der Waals surface area contributed by atoms with Crippen molar-refractivity contribution in [2.45, 2.75) is 51.4 Å². The minimum Gasteiger partial charge on any atom is -0.466 e. The molecule has 0 spiro atoms. The second-order valence-electron chi connectivity index (χ2n) is 8.36. The third kappa shape index (κ3) is 7.11. The van der Waals surface area contributed by atoms with Crippen LogP contribution in [-0.2, 0) is 9.53 Å². The largest absolute Gasteiger partial charge is 0.466 e. The summed E-state index contributed by atoms with van der Waals surface area (Å²) in [6, 6.07) is 11.1. The number of nitrogens with zero attached hydrogens (tertiary/aromatic N) is 3. The first-order chi connectivity index (χ1) is 17.3. The number of halogens is 1. The van der Waals surface area contributed by atoms with Gasteiger partial charge in [0.2, 0.25) is 0 Å². The predicted octanol–water partition coefficient (Wildman–Crippen LogP) is 6.55. The maximum absolute atomic E-state index is 12.2. The van der Waals surface area contributed by atoms with Crippen LogP contribution in [0.3, 0.4) is 0 Å². The summed E-state index contributed by atoms with van der Waals surface area (Å²) in [5, 5.41) is 26.6. The fourth-order valence-electron chi connectivity index (χ4n) is 4.13. The molecule has 0 aromatic heterocycles. The Morgan fingerprint density at radius 1 is 1.11 bits per heavy atom. The summed E-state index contributed by atoms with van der Waals surface area (Å²) in [5.74, 6) is 0.0371. The first-order valence-corrected chi connectivity index (χ1v) is 12.0. The zero-order chi connectivity index (χ0) is 26.1. The summed E-state index contributed by atoms with van der Waals surface area (Å²) in [6.45, 7) is 1.89. The van der Waals surface area contributed by atoms with Crippen molar-refractivity contribution in [3.05, 3.63) is 79.4 Å². The Morgan fingerprint density at radius 2 is 1.81 bits per heavy atom. The van der Waals surface area contributed by atoms with Gasteiger partial charge < -0.3 is 4.74 Å². The third-order valence-corrected chi connectivity index (χ3v) is 6.42. The van der Waals surface area contributed by atoms with E-state index in [1.807, 2.05) is 24.3 Å². The fourth-order valence-corrected chi connectivity index (χ4v) is 4.37. The molecule has 2 aromatic carbocycles. The summed E-state index contributed by atoms with van der Waals surface area (Å²) in [6.07, 6.45) is 7.20. The molecular weight excluding hydrogens is 488 g/mol. The lowest BCUT2D eigenvalue weighted by molar-refractivity contribution is -0.393. The summed E-state index contributed by atoms with van der Waals surface area (Å²) >= 11 is 6.64. The van der Waals surface area contributed by atoms with Crippen LogP contribution in [-0.4, -0.2) is 28.6 Å². The Hall–Kier alpha value is -3.79. The first kappa shape index (κ1) is 26.8. The molecule has 190 valence electrons. The first-order valence-electron chi connectivity index (χ1n) is 11.7. The van der Waals surface area contributed by atoms with E-state index in [0.717, 1.165) is 12.1 Å². The second kappa shape index (κ2) is 12.8. The van der Waals surface area contributed by atoms with E-state index in [2.05, 4.69) is 10.5 Å². The fraction of sp³-hybridized carbons (Fsp3) is 0.360. The number of carbonyl (C=O) groups excluding carboxylic acids is 1. The highest BCUT2D eigenvalue weighted by molar-refractivity contribution is 6.50. The lowest BCUT2D eigenvalue weighted by Gasteiger charge is -2.22. The standard InChI is InChI=1S/C25H27ClN4O6/c1-2-36-24(31)14-20(16-27-28-22-13-12-21(29(32)33)15-23(22)30(34)35)25(26)19-10-8-18(9-11-19)17-6-4-3-5-7-17/h8-13,15-17,28H,2-7,14H2,1H3/b25-20-,27-16-. The molecule has 1 saturated carbocycles. The van der Waals surface area contributed by atoms with Crippen molar-refractivity contribution in [2.75, 3.05) is 12.0 Å². The SMILES string of the molecule is CCOC(=O)CC(/C=N\Nc1ccc([N+](=O)[O-])cc1[N+](=O)[O-])=C(/Cl)c1ccc(C2CCCCC2)cc1. The quantitative estimate of drug-likeness (QED) is 0.164. The van der Waals surface area contributed by atoms with E-state index in [1.165, 1.54) is 49.9 Å². The molecule has 1 N–H and O–H groups in total. The molecule has 3 rings (SSSR count). The molecule has 0 bridgehead atoms. The van der Waals surface area contributed by atoms with Crippen molar-refractivity contribution in [1.29, 1.82) is 0 Å². The van der Waals surface area contributed by atoms with E-state index in [0.29, 0.717) is 22.1 Å². The highest BCUT2D eigenvalue weighted by atomic mass is 35.5. The summed E-state index contributed by atoms with van der Waals surface area (Å²) in [5.41, 5.74) is 3.84. The zero-order valence-corrected chi connectivity index (χ0v) is 20.6. The minimum atomic E-state index is -0.749. The highest BCUT2D eigenvalue weighted by Crippen LogP contribution is 2.34. The number of esters is 1. The van der Waals surface area contributed by atoms with Gasteiger partial charge in [0.25, 0.3) is 5.69 Å². The molecule has 36 heavy (non-hydrogen) atoms. The molecule has 1 aliphatic carbocycles. The van der Waals surface area contributed by atoms with Gasteiger partial charge in [0.05, 0.1) is 40.2 Å². The van der Waals surface area contributed by atoms with Crippen molar-refractivity contribution in [3.8, 4) is 0 Å². The molecule has 11 heteroatoms. The van der Waals surface area contributed by atoms with Gasteiger partial charge in [-0.05, 0) is 42.9 Å². The minimum absolute atomic E-state index is 0.0507. The summed E-state index contributed by atoms with van der Waals surface area (Å²) < 4.78 is 5.04. The van der Waals surface area contributed by atoms with Crippen molar-refractivity contribution in [1.82, 2.24) is 0 Å². The van der Waals surface area contributed by atoms with E-state index >= 15 is 0 Å². The van der Waals surface area contributed by atoms with E-state index in [1.54, 1.807) is 6.92 Å². The Labute approximate surface area is 213 Å². The number of hydrazone groups is 1. The van der Waals surface area contributed by atoms with E-state index in [4.69, 9.17) is 16.3 Å². The number of hydrogen-bond acceptors (Lipinski definition) is 8. The molecular formula is C25H27ClN4O6. The van der Waals surface area contributed by atoms with Gasteiger partial charge >= 0.3 is 11.7 Å². The lowest BCUT2D eigenvalue weighted by atomic mass is 9.84. The van der Waals surface area contributed by atoms with Crippen LogP contribution >= 0.6 is 11.6 Å². The number of ether oxygens (including phenoxy) is 1. The van der Waals surface area contributed by atoms with Gasteiger partial charge in [0.1, 0.15) is 5.69 Å². The number of carbonyl (C=O) groups is 1. The molecule has 0 heterocycles. The topological polar surface area (TPSA) is 137 Å². The number of nitrogens with one attached hydrogen (secondary N) is 1. The van der Waals surface area contributed by atoms with Crippen molar-refractivity contribution < 1.29 is 19.4 Å². The van der Waals surface area contributed by atoms with Crippen molar-refractivity contribution in [3.63, 3.8) is 0 Å². The van der Waals surface area contributed by atoms with Crippen molar-refractivity contribution >= 4 is 45.9 Å². The number of non-ortho nitro benzene ring substituents is 1. The van der Waals surface area contributed by atoms with E-state index in [9.17, 15) is 25.0 Å². The van der Waals surface area contributed by atoms with Gasteiger partial charge in [-0.1, -0.05) is 55.1 Å². The molecule has 10 nitrogen and oxygen atoms in total. The van der Waals surface area contributed by atoms with Crippen LogP contribution in [0.2, 0.25) is 0 Å². The normalized spacial score (nSPS) is 14.8. The van der Waals surface area contributed by atoms with Gasteiger partial charge in [-0.2, -0.15) is 5.10 Å². The van der Waals surface area contributed by atoms with Crippen LogP contribution in [0.25, 0.3) is 5.03 Å². The average Bonchev–Trinajstić information content (AvgIpc) is 2.88. The zero-order valence-electron chi connectivity index (χ0n) is 19.8. The molecule has 0 radical (unpaired) electrons. The van der Waals surface area contributed by atoms with Gasteiger partial charge in [-0.15, -0.1) is 0 Å². The Kier molecular flexibility index (Phi) is 9.52. The van der Waals surface area contributed by atoms with Crippen LogP contribution in [0.4, 0.5) is 17.1 Å². The van der Waals surface area contributed by atoms with Crippen LogP contribution in [0.1, 0.15) is 62.5 Å². The van der Waals surface area contributed by atoms with Crippen LogP contribution in [0, 0.1) is 20.2 Å². The average molecular weight is 515 g/mol. The number of hydrogen-bond donors (Lipinski definition) is 1. The van der Waals surface area contributed by atoms with Crippen molar-refractivity contribution in [2.24, 2.45) is 5.10 Å². The smallest absolute Gasteiger partial charge is 0.310 e. The van der Waals surface area contributed by atoms with Crippen LogP contribution < -0.4 is 5.43 Å². The number of nitro benzene ring substituents is 2. The maximum Gasteiger partial charge on any atom is 0.310 e. The molecule has 0 unspecified atom stereocenters. The molecule has 0 amide bonds. The lowest BCUT2D eigenvalue weighted by Crippen LogP contribution is -2.07. The molecule has 0 saturated heterocycles. The predicted molar refractivity (Wildman–Crippen MR) is 138 cm³/mol. The van der Waals surface area contributed by atoms with Gasteiger partial charge in [-0.3, -0.25) is 30.4 Å². The number of rotatable bonds is 10. The number of nitro groups is 2. The van der Waals surface area contributed by atoms with E-state index in [-0.39, 0.29) is 18.7 Å². The van der Waals surface area contributed by atoms with E-state index < -0.39 is 27.2 Å². The molecule has 0 atom stereocenters. The Bertz CT molecular complexity index is 1170. The maximum atomic E-state index is 12.2. The molecule has 1 fully saturated rings.